The van der Waals surface area contributed by atoms with Crippen molar-refractivity contribution in [1.82, 2.24) is 0 Å². The first-order chi connectivity index (χ1) is 19.8. The first-order valence-corrected chi connectivity index (χ1v) is 12.4. The predicted octanol–water partition coefficient (Wildman–Crippen LogP) is 9.56. The second kappa shape index (κ2) is 10.3. The van der Waals surface area contributed by atoms with Crippen LogP contribution in [0.5, 0.6) is 17.2 Å². The van der Waals surface area contributed by atoms with Crippen LogP contribution in [0.3, 0.4) is 0 Å². The molecule has 0 spiro atoms. The summed E-state index contributed by atoms with van der Waals surface area (Å²) in [5.74, 6) is -22.0. The fourth-order valence-electron chi connectivity index (χ4n) is 4.42. The van der Waals surface area contributed by atoms with Crippen molar-refractivity contribution < 1.29 is 44.9 Å². The van der Waals surface area contributed by atoms with Gasteiger partial charge in [0.25, 0.3) is 6.01 Å². The van der Waals surface area contributed by atoms with E-state index in [4.69, 9.17) is 4.74 Å². The van der Waals surface area contributed by atoms with Gasteiger partial charge in [0, 0.05) is 0 Å². The zero-order chi connectivity index (χ0) is 30.3. The molecule has 216 valence electrons. The van der Waals surface area contributed by atoms with E-state index in [1.165, 1.54) is 48.5 Å². The minimum atomic E-state index is -5.57. The van der Waals surface area contributed by atoms with Crippen molar-refractivity contribution in [3.8, 4) is 39.5 Å². The predicted molar refractivity (Wildman–Crippen MR) is 144 cm³/mol. The van der Waals surface area contributed by atoms with Crippen LogP contribution < -0.4 is 14.2 Å². The van der Waals surface area contributed by atoms with E-state index in [9.17, 15) is 22.0 Å². The van der Waals surface area contributed by atoms with Crippen molar-refractivity contribution >= 4 is 6.08 Å². The molecule has 0 heterocycles. The Labute approximate surface area is 236 Å². The molecule has 1 saturated carbocycles. The molecule has 5 rings (SSSR count). The average Bonchev–Trinajstić information content (AvgIpc) is 2.97. The lowest BCUT2D eigenvalue weighted by atomic mass is 9.76. The minimum absolute atomic E-state index is 0.162. The van der Waals surface area contributed by atoms with E-state index in [0.29, 0.717) is 22.3 Å². The highest BCUT2D eigenvalue weighted by atomic mass is 19.3. The van der Waals surface area contributed by atoms with Crippen LogP contribution in [0.2, 0.25) is 0 Å². The lowest BCUT2D eigenvalue weighted by Gasteiger charge is -2.55. The molecule has 1 fully saturated rings. The van der Waals surface area contributed by atoms with Crippen LogP contribution in [0.4, 0.5) is 30.7 Å². The largest absolute Gasteiger partial charge is 0.447 e. The van der Waals surface area contributed by atoms with Crippen molar-refractivity contribution in [3.63, 3.8) is 0 Å². The summed E-state index contributed by atoms with van der Waals surface area (Å²) >= 11 is 0. The summed E-state index contributed by atoms with van der Waals surface area (Å²) in [6, 6.07) is 21.5. The van der Waals surface area contributed by atoms with Gasteiger partial charge in [-0.2, -0.15) is 30.7 Å². The van der Waals surface area contributed by atoms with Crippen molar-refractivity contribution in [1.29, 1.82) is 0 Å². The Balaban J connectivity index is 1.36. The number of alkyl halides is 6. The monoisotopic (exact) mass is 586 g/mol. The minimum Gasteiger partial charge on any atom is -0.447 e. The summed E-state index contributed by atoms with van der Waals surface area (Å²) in [6.07, 6.45) is 1.64. The van der Waals surface area contributed by atoms with Crippen LogP contribution in [0.25, 0.3) is 28.3 Å². The first-order valence-electron chi connectivity index (χ1n) is 12.4. The molecule has 0 bridgehead atoms. The highest BCUT2D eigenvalue weighted by Crippen LogP contribution is 2.68. The van der Waals surface area contributed by atoms with Gasteiger partial charge in [-0.3, -0.25) is 0 Å². The fraction of sp³-hybridized carbons (Fsp3) is 0.125. The average molecular weight is 587 g/mol. The third kappa shape index (κ3) is 4.56. The molecule has 0 N–H and O–H groups in total. The number of hydrogen-bond acceptors (Lipinski definition) is 3. The fourth-order valence-corrected chi connectivity index (χ4v) is 4.42. The topological polar surface area (TPSA) is 27.7 Å². The maximum Gasteiger partial charge on any atom is 0.395 e. The third-order valence-corrected chi connectivity index (χ3v) is 6.74. The summed E-state index contributed by atoms with van der Waals surface area (Å²) in [5, 5.41) is 0. The van der Waals surface area contributed by atoms with Crippen molar-refractivity contribution in [3.05, 3.63) is 122 Å². The van der Waals surface area contributed by atoms with Gasteiger partial charge in [-0.05, 0) is 70.8 Å². The molecule has 0 radical (unpaired) electrons. The molecule has 2 unspecified atom stereocenters. The molecule has 10 heteroatoms. The number of halogens is 7. The molecule has 4 aromatic rings. The van der Waals surface area contributed by atoms with Crippen LogP contribution in [0.15, 0.2) is 116 Å². The molecule has 0 saturated heterocycles. The second-order valence-electron chi connectivity index (χ2n) is 9.40. The highest BCUT2D eigenvalue weighted by molar-refractivity contribution is 5.66. The van der Waals surface area contributed by atoms with E-state index >= 15 is 8.78 Å². The van der Waals surface area contributed by atoms with Crippen LogP contribution in [-0.2, 0) is 0 Å². The van der Waals surface area contributed by atoms with Gasteiger partial charge in [0.1, 0.15) is 17.2 Å². The van der Waals surface area contributed by atoms with E-state index in [1.807, 2.05) is 0 Å². The maximum atomic E-state index is 15.6. The summed E-state index contributed by atoms with van der Waals surface area (Å²) in [6.45, 7) is 6.64. The molecule has 1 aliphatic carbocycles. The lowest BCUT2D eigenvalue weighted by Crippen LogP contribution is -2.89. The van der Waals surface area contributed by atoms with Crippen molar-refractivity contribution in [2.24, 2.45) is 0 Å². The molecule has 42 heavy (non-hydrogen) atoms. The van der Waals surface area contributed by atoms with Crippen molar-refractivity contribution in [2.75, 3.05) is 0 Å². The van der Waals surface area contributed by atoms with Crippen molar-refractivity contribution in [2.45, 2.75) is 23.6 Å². The Morgan fingerprint density at radius 2 is 0.833 bits per heavy atom. The van der Waals surface area contributed by atoms with E-state index in [2.05, 4.69) is 22.6 Å². The van der Waals surface area contributed by atoms with E-state index in [1.54, 1.807) is 30.3 Å². The standard InChI is InChI=1S/C32H21F7O3/c1-3-21-4-6-22(7-5-21)24-10-16-27(17-11-24)41-31(38)29(34,35)30(36,37)32(31,39)42-28-18-12-25(13-19-28)23-8-14-26(15-9-23)40-20(2)33/h3-19H,1-2H2. The molecule has 1 aliphatic rings. The zero-order valence-corrected chi connectivity index (χ0v) is 21.6. The maximum absolute atomic E-state index is 15.6. The van der Waals surface area contributed by atoms with E-state index in [0.717, 1.165) is 29.8 Å². The van der Waals surface area contributed by atoms with Gasteiger partial charge in [-0.15, -0.1) is 0 Å². The molecule has 3 nitrogen and oxygen atoms in total. The van der Waals surface area contributed by atoms with Gasteiger partial charge in [0.05, 0.1) is 0 Å². The van der Waals surface area contributed by atoms with Gasteiger partial charge in [-0.25, -0.2) is 0 Å². The van der Waals surface area contributed by atoms with Gasteiger partial charge >= 0.3 is 23.6 Å². The Bertz CT molecular complexity index is 1600. The molecule has 0 amide bonds. The molecule has 0 aromatic heterocycles. The first kappa shape index (κ1) is 28.8. The molecular formula is C32H21F7O3. The molecule has 2 atom stereocenters. The highest BCUT2D eigenvalue weighted by Gasteiger charge is 3.03. The lowest BCUT2D eigenvalue weighted by molar-refractivity contribution is -0.527. The van der Waals surface area contributed by atoms with Gasteiger partial charge in [0.2, 0.25) is 0 Å². The third-order valence-electron chi connectivity index (χ3n) is 6.74. The molecule has 0 aliphatic heterocycles. The van der Waals surface area contributed by atoms with E-state index < -0.39 is 41.1 Å². The number of rotatable bonds is 9. The molecule has 4 aromatic carbocycles. The second-order valence-corrected chi connectivity index (χ2v) is 9.40. The Hall–Kier alpha value is -4.73. The summed E-state index contributed by atoms with van der Waals surface area (Å²) < 4.78 is 116. The van der Waals surface area contributed by atoms with Gasteiger partial charge < -0.3 is 14.2 Å². The Kier molecular flexibility index (Phi) is 7.04. The van der Waals surface area contributed by atoms with Gasteiger partial charge in [-0.1, -0.05) is 73.3 Å². The number of ether oxygens (including phenoxy) is 3. The number of hydrogen-bond donors (Lipinski definition) is 0. The normalized spacial score (nSPS) is 22.0. The van der Waals surface area contributed by atoms with Crippen LogP contribution in [0, 0.1) is 0 Å². The number of benzene rings is 4. The van der Waals surface area contributed by atoms with Crippen LogP contribution in [-0.4, -0.2) is 23.6 Å². The molecular weight excluding hydrogens is 565 g/mol. The smallest absolute Gasteiger partial charge is 0.395 e. The summed E-state index contributed by atoms with van der Waals surface area (Å²) in [4.78, 5) is 0. The Morgan fingerprint density at radius 3 is 1.14 bits per heavy atom. The SMILES string of the molecule is C=Cc1ccc(-c2ccc(OC3(F)C(F)(F)C(F)(F)C3(F)Oc3ccc(-c4ccc(OC(=C)F)cc4)cc3)cc2)cc1. The summed E-state index contributed by atoms with van der Waals surface area (Å²) in [5.41, 5.74) is 3.16. The van der Waals surface area contributed by atoms with Crippen LogP contribution >= 0.6 is 0 Å². The van der Waals surface area contributed by atoms with Gasteiger partial charge in [0.15, 0.2) is 0 Å². The summed E-state index contributed by atoms with van der Waals surface area (Å²) in [7, 11) is 0. The van der Waals surface area contributed by atoms with E-state index in [-0.39, 0.29) is 5.75 Å². The van der Waals surface area contributed by atoms with Crippen LogP contribution in [0.1, 0.15) is 5.56 Å². The zero-order valence-electron chi connectivity index (χ0n) is 21.6. The Morgan fingerprint density at radius 1 is 0.524 bits per heavy atom. The quantitative estimate of drug-likeness (QED) is 0.144.